The van der Waals surface area contributed by atoms with Crippen LogP contribution in [0, 0.1) is 0 Å². The van der Waals surface area contributed by atoms with Crippen LogP contribution >= 0.6 is 11.6 Å². The Balaban J connectivity index is 1.41. The molecule has 8 heteroatoms. The zero-order valence-electron chi connectivity index (χ0n) is 15.1. The van der Waals surface area contributed by atoms with Gasteiger partial charge in [0.05, 0.1) is 11.4 Å². The molecule has 0 aliphatic carbocycles. The fourth-order valence-corrected chi connectivity index (χ4v) is 3.11. The molecule has 2 heterocycles. The van der Waals surface area contributed by atoms with Crippen LogP contribution in [0.5, 0.6) is 11.5 Å². The van der Waals surface area contributed by atoms with E-state index in [4.69, 9.17) is 30.2 Å². The SMILES string of the molecule is CC(OC(=O)Cc1cc(Cl)c2c(c1)OCCO2)c1nnc(-c2ccccc2)o1. The molecule has 2 aromatic carbocycles. The Morgan fingerprint density at radius 3 is 2.79 bits per heavy atom. The number of benzene rings is 2. The van der Waals surface area contributed by atoms with E-state index in [0.717, 1.165) is 5.56 Å². The highest BCUT2D eigenvalue weighted by molar-refractivity contribution is 6.32. The van der Waals surface area contributed by atoms with E-state index in [-0.39, 0.29) is 12.3 Å². The second-order valence-electron chi connectivity index (χ2n) is 6.22. The first-order chi connectivity index (χ1) is 13.6. The van der Waals surface area contributed by atoms with Gasteiger partial charge in [-0.05, 0) is 36.8 Å². The molecule has 1 aliphatic rings. The van der Waals surface area contributed by atoms with Crippen LogP contribution < -0.4 is 9.47 Å². The maximum absolute atomic E-state index is 12.3. The van der Waals surface area contributed by atoms with Crippen molar-refractivity contribution in [3.63, 3.8) is 0 Å². The lowest BCUT2D eigenvalue weighted by Gasteiger charge is -2.20. The number of carbonyl (C=O) groups is 1. The lowest BCUT2D eigenvalue weighted by molar-refractivity contribution is -0.148. The molecule has 3 aromatic rings. The summed E-state index contributed by atoms with van der Waals surface area (Å²) >= 11 is 6.20. The molecule has 0 N–H and O–H groups in total. The summed E-state index contributed by atoms with van der Waals surface area (Å²) in [5.74, 6) is 1.18. The summed E-state index contributed by atoms with van der Waals surface area (Å²) in [4.78, 5) is 12.3. The van der Waals surface area contributed by atoms with Gasteiger partial charge in [-0.1, -0.05) is 29.8 Å². The van der Waals surface area contributed by atoms with Crippen LogP contribution in [0.4, 0.5) is 0 Å². The number of fused-ring (bicyclic) bond motifs is 1. The maximum atomic E-state index is 12.3. The number of hydrogen-bond donors (Lipinski definition) is 0. The first-order valence-electron chi connectivity index (χ1n) is 8.76. The van der Waals surface area contributed by atoms with E-state index in [1.54, 1.807) is 19.1 Å². The van der Waals surface area contributed by atoms with E-state index in [1.165, 1.54) is 0 Å². The van der Waals surface area contributed by atoms with Crippen LogP contribution in [-0.2, 0) is 16.0 Å². The van der Waals surface area contributed by atoms with Gasteiger partial charge in [0.25, 0.3) is 5.89 Å². The Labute approximate surface area is 166 Å². The first-order valence-corrected chi connectivity index (χ1v) is 9.14. The van der Waals surface area contributed by atoms with E-state index in [1.807, 2.05) is 30.3 Å². The molecule has 0 saturated carbocycles. The summed E-state index contributed by atoms with van der Waals surface area (Å²) < 4.78 is 22.0. The number of nitrogens with zero attached hydrogens (tertiary/aromatic N) is 2. The van der Waals surface area contributed by atoms with Gasteiger partial charge in [-0.2, -0.15) is 0 Å². The quantitative estimate of drug-likeness (QED) is 0.598. The van der Waals surface area contributed by atoms with Crippen LogP contribution in [0.2, 0.25) is 5.02 Å². The summed E-state index contributed by atoms with van der Waals surface area (Å²) in [5.41, 5.74) is 1.47. The van der Waals surface area contributed by atoms with E-state index < -0.39 is 12.1 Å². The van der Waals surface area contributed by atoms with Crippen molar-refractivity contribution < 1.29 is 23.4 Å². The largest absolute Gasteiger partial charge is 0.486 e. The van der Waals surface area contributed by atoms with Crippen molar-refractivity contribution in [2.75, 3.05) is 13.2 Å². The van der Waals surface area contributed by atoms with Gasteiger partial charge in [-0.3, -0.25) is 4.79 Å². The molecular formula is C20H17ClN2O5. The molecule has 28 heavy (non-hydrogen) atoms. The zero-order chi connectivity index (χ0) is 19.5. The summed E-state index contributed by atoms with van der Waals surface area (Å²) in [6.07, 6.45) is -0.648. The van der Waals surface area contributed by atoms with E-state index in [9.17, 15) is 4.79 Å². The molecule has 4 rings (SSSR count). The minimum atomic E-state index is -0.676. The number of hydrogen-bond acceptors (Lipinski definition) is 7. The minimum Gasteiger partial charge on any atom is -0.486 e. The smallest absolute Gasteiger partial charge is 0.311 e. The molecule has 0 amide bonds. The molecule has 0 spiro atoms. The Bertz CT molecular complexity index is 990. The fourth-order valence-electron chi connectivity index (χ4n) is 2.82. The van der Waals surface area contributed by atoms with Crippen molar-refractivity contribution in [3.8, 4) is 23.0 Å². The second kappa shape index (κ2) is 7.90. The third-order valence-electron chi connectivity index (χ3n) is 4.12. The molecular weight excluding hydrogens is 384 g/mol. The number of carbonyl (C=O) groups excluding carboxylic acids is 1. The third kappa shape index (κ3) is 3.94. The molecule has 1 aliphatic heterocycles. The lowest BCUT2D eigenvalue weighted by Crippen LogP contribution is -2.16. The fraction of sp³-hybridized carbons (Fsp3) is 0.250. The van der Waals surface area contributed by atoms with Crippen LogP contribution in [0.25, 0.3) is 11.5 Å². The van der Waals surface area contributed by atoms with Crippen LogP contribution in [0.1, 0.15) is 24.5 Å². The number of aromatic nitrogens is 2. The maximum Gasteiger partial charge on any atom is 0.311 e. The van der Waals surface area contributed by atoms with Gasteiger partial charge in [0, 0.05) is 5.56 Å². The summed E-state index contributed by atoms with van der Waals surface area (Å²) in [5, 5.41) is 8.38. The highest BCUT2D eigenvalue weighted by atomic mass is 35.5. The van der Waals surface area contributed by atoms with Crippen LogP contribution in [0.15, 0.2) is 46.9 Å². The number of halogens is 1. The van der Waals surface area contributed by atoms with Crippen molar-refractivity contribution in [1.82, 2.24) is 10.2 Å². The highest BCUT2D eigenvalue weighted by Gasteiger charge is 2.21. The number of rotatable bonds is 5. The van der Waals surface area contributed by atoms with Crippen LogP contribution in [-0.4, -0.2) is 29.4 Å². The van der Waals surface area contributed by atoms with Gasteiger partial charge < -0.3 is 18.6 Å². The molecule has 0 bridgehead atoms. The van der Waals surface area contributed by atoms with Gasteiger partial charge in [0.15, 0.2) is 17.6 Å². The first kappa shape index (κ1) is 18.3. The zero-order valence-corrected chi connectivity index (χ0v) is 15.8. The standard InChI is InChI=1S/C20H17ClN2O5/c1-12(19-22-23-20(28-19)14-5-3-2-4-6-14)27-17(24)11-13-9-15(21)18-16(10-13)25-7-8-26-18/h2-6,9-10,12H,7-8,11H2,1H3. The van der Waals surface area contributed by atoms with E-state index in [0.29, 0.717) is 41.2 Å². The minimum absolute atomic E-state index is 0.0282. The van der Waals surface area contributed by atoms with Crippen molar-refractivity contribution >= 4 is 17.6 Å². The van der Waals surface area contributed by atoms with Gasteiger partial charge in [0.1, 0.15) is 13.2 Å². The molecule has 7 nitrogen and oxygen atoms in total. The number of esters is 1. The monoisotopic (exact) mass is 400 g/mol. The molecule has 1 atom stereocenters. The molecule has 1 aromatic heterocycles. The number of ether oxygens (including phenoxy) is 3. The van der Waals surface area contributed by atoms with Gasteiger partial charge in [0.2, 0.25) is 5.89 Å². The highest BCUT2D eigenvalue weighted by Crippen LogP contribution is 2.38. The van der Waals surface area contributed by atoms with Crippen LogP contribution in [0.3, 0.4) is 0 Å². The van der Waals surface area contributed by atoms with Gasteiger partial charge in [-0.25, -0.2) is 0 Å². The Morgan fingerprint density at radius 2 is 1.96 bits per heavy atom. The molecule has 144 valence electrons. The Kier molecular flexibility index (Phi) is 5.16. The molecule has 1 unspecified atom stereocenters. The molecule has 0 saturated heterocycles. The average Bonchev–Trinajstić information content (AvgIpc) is 3.19. The predicted octanol–water partition coefficient (Wildman–Crippen LogP) is 4.01. The van der Waals surface area contributed by atoms with Gasteiger partial charge in [-0.15, -0.1) is 10.2 Å². The van der Waals surface area contributed by atoms with Crippen molar-refractivity contribution in [2.24, 2.45) is 0 Å². The normalized spacial score (nSPS) is 13.8. The summed E-state index contributed by atoms with van der Waals surface area (Å²) in [6.45, 7) is 2.56. The van der Waals surface area contributed by atoms with Gasteiger partial charge >= 0.3 is 5.97 Å². The summed E-state index contributed by atoms with van der Waals surface area (Å²) in [7, 11) is 0. The average molecular weight is 401 g/mol. The van der Waals surface area contributed by atoms with E-state index >= 15 is 0 Å². The summed E-state index contributed by atoms with van der Waals surface area (Å²) in [6, 6.07) is 12.8. The van der Waals surface area contributed by atoms with Crippen molar-refractivity contribution in [3.05, 3.63) is 58.9 Å². The van der Waals surface area contributed by atoms with E-state index in [2.05, 4.69) is 10.2 Å². The molecule has 0 radical (unpaired) electrons. The third-order valence-corrected chi connectivity index (χ3v) is 4.40. The second-order valence-corrected chi connectivity index (χ2v) is 6.63. The topological polar surface area (TPSA) is 83.7 Å². The Morgan fingerprint density at radius 1 is 1.18 bits per heavy atom. The predicted molar refractivity (Wildman–Crippen MR) is 100 cm³/mol. The Hall–Kier alpha value is -3.06. The van der Waals surface area contributed by atoms with Crippen molar-refractivity contribution in [1.29, 1.82) is 0 Å². The molecule has 0 fully saturated rings. The van der Waals surface area contributed by atoms with Crippen molar-refractivity contribution in [2.45, 2.75) is 19.4 Å². The lowest BCUT2D eigenvalue weighted by atomic mass is 10.1.